The van der Waals surface area contributed by atoms with Gasteiger partial charge in [-0.05, 0) is 31.5 Å². The van der Waals surface area contributed by atoms with E-state index in [1.165, 1.54) is 89.9 Å². The van der Waals surface area contributed by atoms with Gasteiger partial charge in [0.05, 0.1) is 24.3 Å². The van der Waals surface area contributed by atoms with Crippen molar-refractivity contribution in [2.24, 2.45) is 5.73 Å². The van der Waals surface area contributed by atoms with E-state index < -0.39 is 11.9 Å². The van der Waals surface area contributed by atoms with E-state index in [-0.39, 0.29) is 17.7 Å². The Balaban J connectivity index is 2.01. The second kappa shape index (κ2) is 21.6. The standard InChI is InChI=1S/C29H49NO4/c1-2-3-4-5-6-7-8-9-10-11-12-13-14-15-16-19-24-33-28(31)26-21-17-18-22-27(26)29(32)34-25-20-23-30/h17-18,21-22H,2-16,19-20,23-25,30H2,1H3. The summed E-state index contributed by atoms with van der Waals surface area (Å²) in [4.78, 5) is 24.6. The van der Waals surface area contributed by atoms with E-state index in [9.17, 15) is 9.59 Å². The smallest absolute Gasteiger partial charge is 0.339 e. The van der Waals surface area contributed by atoms with Crippen molar-refractivity contribution in [3.8, 4) is 0 Å². The summed E-state index contributed by atoms with van der Waals surface area (Å²) in [7, 11) is 0. The summed E-state index contributed by atoms with van der Waals surface area (Å²) in [5.74, 6) is -0.976. The summed E-state index contributed by atoms with van der Waals surface area (Å²) in [6.45, 7) is 3.36. The van der Waals surface area contributed by atoms with Gasteiger partial charge >= 0.3 is 11.9 Å². The van der Waals surface area contributed by atoms with Crippen LogP contribution in [0.4, 0.5) is 0 Å². The molecule has 0 aliphatic rings. The molecule has 5 heteroatoms. The van der Waals surface area contributed by atoms with Gasteiger partial charge in [0, 0.05) is 0 Å². The molecule has 0 amide bonds. The molecule has 0 atom stereocenters. The Hall–Kier alpha value is -1.88. The van der Waals surface area contributed by atoms with E-state index in [4.69, 9.17) is 15.2 Å². The van der Waals surface area contributed by atoms with Gasteiger partial charge in [-0.3, -0.25) is 0 Å². The number of hydrogen-bond acceptors (Lipinski definition) is 5. The van der Waals surface area contributed by atoms with Crippen LogP contribution < -0.4 is 5.73 Å². The molecular formula is C29H49NO4. The Bertz CT molecular complexity index is 647. The average molecular weight is 476 g/mol. The van der Waals surface area contributed by atoms with Crippen LogP contribution in [0.2, 0.25) is 0 Å². The van der Waals surface area contributed by atoms with Crippen LogP contribution in [0.1, 0.15) is 137 Å². The topological polar surface area (TPSA) is 78.6 Å². The van der Waals surface area contributed by atoms with Crippen molar-refractivity contribution < 1.29 is 19.1 Å². The van der Waals surface area contributed by atoms with Gasteiger partial charge in [0.15, 0.2) is 0 Å². The van der Waals surface area contributed by atoms with Gasteiger partial charge in [-0.15, -0.1) is 0 Å². The molecule has 0 saturated carbocycles. The van der Waals surface area contributed by atoms with Gasteiger partial charge in [0.1, 0.15) is 0 Å². The zero-order chi connectivity index (χ0) is 24.7. The number of benzene rings is 1. The molecule has 0 aromatic heterocycles. The fourth-order valence-electron chi connectivity index (χ4n) is 4.06. The number of esters is 2. The van der Waals surface area contributed by atoms with Crippen LogP contribution in [0.15, 0.2) is 24.3 Å². The van der Waals surface area contributed by atoms with Crippen LogP contribution in [0.25, 0.3) is 0 Å². The van der Waals surface area contributed by atoms with Crippen LogP contribution in [0.3, 0.4) is 0 Å². The lowest BCUT2D eigenvalue weighted by Gasteiger charge is -2.09. The number of nitrogens with two attached hydrogens (primary N) is 1. The lowest BCUT2D eigenvalue weighted by molar-refractivity contribution is 0.0453. The number of hydrogen-bond donors (Lipinski definition) is 1. The minimum absolute atomic E-state index is 0.247. The first-order chi connectivity index (χ1) is 16.7. The van der Waals surface area contributed by atoms with Crippen molar-refractivity contribution >= 4 is 11.9 Å². The number of rotatable bonds is 22. The maximum Gasteiger partial charge on any atom is 0.339 e. The van der Waals surface area contributed by atoms with Crippen LogP contribution in [-0.4, -0.2) is 31.7 Å². The normalized spacial score (nSPS) is 10.9. The van der Waals surface area contributed by atoms with E-state index in [0.29, 0.717) is 19.6 Å². The molecule has 1 aromatic carbocycles. The molecule has 0 fully saturated rings. The Kier molecular flexibility index (Phi) is 19.2. The summed E-state index contributed by atoms with van der Waals surface area (Å²) in [5, 5.41) is 0. The van der Waals surface area contributed by atoms with E-state index >= 15 is 0 Å². The molecule has 1 aromatic rings. The largest absolute Gasteiger partial charge is 0.462 e. The molecule has 5 nitrogen and oxygen atoms in total. The molecule has 0 aliphatic carbocycles. The molecule has 0 radical (unpaired) electrons. The number of carbonyl (C=O) groups is 2. The molecular weight excluding hydrogens is 426 g/mol. The van der Waals surface area contributed by atoms with E-state index in [2.05, 4.69) is 6.92 Å². The molecule has 0 spiro atoms. The van der Waals surface area contributed by atoms with Gasteiger partial charge in [-0.25, -0.2) is 9.59 Å². The third-order valence-electron chi connectivity index (χ3n) is 6.18. The maximum absolute atomic E-state index is 12.4. The molecule has 0 saturated heterocycles. The Morgan fingerprint density at radius 1 is 0.588 bits per heavy atom. The zero-order valence-electron chi connectivity index (χ0n) is 21.7. The Morgan fingerprint density at radius 3 is 1.32 bits per heavy atom. The SMILES string of the molecule is CCCCCCCCCCCCCCCCCCOC(=O)c1ccccc1C(=O)OCCCN. The summed E-state index contributed by atoms with van der Waals surface area (Å²) in [6, 6.07) is 6.64. The summed E-state index contributed by atoms with van der Waals surface area (Å²) in [5.41, 5.74) is 5.93. The maximum atomic E-state index is 12.4. The molecule has 0 unspecified atom stereocenters. The zero-order valence-corrected chi connectivity index (χ0v) is 21.7. The van der Waals surface area contributed by atoms with Gasteiger partial charge in [-0.2, -0.15) is 0 Å². The fraction of sp³-hybridized carbons (Fsp3) is 0.724. The first kappa shape index (κ1) is 30.2. The predicted molar refractivity (Wildman–Crippen MR) is 140 cm³/mol. The van der Waals surface area contributed by atoms with Crippen molar-refractivity contribution in [1.29, 1.82) is 0 Å². The minimum atomic E-state index is -0.511. The highest BCUT2D eigenvalue weighted by Gasteiger charge is 2.18. The fourth-order valence-corrected chi connectivity index (χ4v) is 4.06. The summed E-state index contributed by atoms with van der Waals surface area (Å²) < 4.78 is 10.6. The van der Waals surface area contributed by atoms with Gasteiger partial charge in [0.25, 0.3) is 0 Å². The average Bonchev–Trinajstić information content (AvgIpc) is 2.85. The van der Waals surface area contributed by atoms with E-state index in [1.807, 2.05) is 0 Å². The van der Waals surface area contributed by atoms with Crippen LogP contribution in [0.5, 0.6) is 0 Å². The van der Waals surface area contributed by atoms with Gasteiger partial charge in [-0.1, -0.05) is 115 Å². The summed E-state index contributed by atoms with van der Waals surface area (Å²) in [6.07, 6.45) is 21.5. The van der Waals surface area contributed by atoms with Crippen molar-refractivity contribution in [3.05, 3.63) is 35.4 Å². The highest BCUT2D eigenvalue weighted by atomic mass is 16.5. The molecule has 0 heterocycles. The third kappa shape index (κ3) is 15.1. The monoisotopic (exact) mass is 475 g/mol. The summed E-state index contributed by atoms with van der Waals surface area (Å²) >= 11 is 0. The predicted octanol–water partition coefficient (Wildman–Crippen LogP) is 7.61. The Morgan fingerprint density at radius 2 is 0.941 bits per heavy atom. The molecule has 0 aliphatic heterocycles. The van der Waals surface area contributed by atoms with Crippen LogP contribution in [0, 0.1) is 0 Å². The quantitative estimate of drug-likeness (QED) is 0.138. The second-order valence-corrected chi connectivity index (χ2v) is 9.26. The van der Waals surface area contributed by atoms with E-state index in [0.717, 1.165) is 12.8 Å². The van der Waals surface area contributed by atoms with E-state index in [1.54, 1.807) is 24.3 Å². The van der Waals surface area contributed by atoms with Gasteiger partial charge in [0.2, 0.25) is 0 Å². The Labute approximate surface area is 208 Å². The number of carbonyl (C=O) groups excluding carboxylic acids is 2. The van der Waals surface area contributed by atoms with Crippen molar-refractivity contribution in [2.45, 2.75) is 116 Å². The lowest BCUT2D eigenvalue weighted by Crippen LogP contribution is -2.15. The molecule has 1 rings (SSSR count). The van der Waals surface area contributed by atoms with Crippen molar-refractivity contribution in [1.82, 2.24) is 0 Å². The third-order valence-corrected chi connectivity index (χ3v) is 6.18. The highest BCUT2D eigenvalue weighted by Crippen LogP contribution is 2.15. The van der Waals surface area contributed by atoms with Crippen LogP contribution in [-0.2, 0) is 9.47 Å². The first-order valence-electron chi connectivity index (χ1n) is 13.8. The highest BCUT2D eigenvalue weighted by molar-refractivity contribution is 6.03. The molecule has 2 N–H and O–H groups in total. The van der Waals surface area contributed by atoms with Crippen molar-refractivity contribution in [2.75, 3.05) is 19.8 Å². The minimum Gasteiger partial charge on any atom is -0.462 e. The van der Waals surface area contributed by atoms with Crippen molar-refractivity contribution in [3.63, 3.8) is 0 Å². The molecule has 194 valence electrons. The molecule has 0 bridgehead atoms. The van der Waals surface area contributed by atoms with Gasteiger partial charge < -0.3 is 15.2 Å². The molecule has 34 heavy (non-hydrogen) atoms. The van der Waals surface area contributed by atoms with Crippen LogP contribution >= 0.6 is 0 Å². The number of unbranched alkanes of at least 4 members (excludes halogenated alkanes) is 15. The lowest BCUT2D eigenvalue weighted by atomic mass is 10.0. The first-order valence-corrected chi connectivity index (χ1v) is 13.8. The number of ether oxygens (including phenoxy) is 2. The second-order valence-electron chi connectivity index (χ2n) is 9.26.